The monoisotopic (exact) mass is 256 g/mol. The van der Waals surface area contributed by atoms with E-state index in [4.69, 9.17) is 4.74 Å². The molecule has 1 fully saturated rings. The van der Waals surface area contributed by atoms with Crippen LogP contribution in [-0.4, -0.2) is 19.4 Å². The molecule has 1 aliphatic rings. The molecule has 1 aromatic rings. The summed E-state index contributed by atoms with van der Waals surface area (Å²) in [5.74, 6) is 0.466. The molecule has 1 saturated heterocycles. The number of piperidine rings is 1. The minimum Gasteiger partial charge on any atom is -0.497 e. The van der Waals surface area contributed by atoms with Crippen molar-refractivity contribution in [3.05, 3.63) is 41.1 Å². The molecule has 4 heteroatoms. The van der Waals surface area contributed by atoms with Crippen molar-refractivity contribution in [3.8, 4) is 11.8 Å². The van der Waals surface area contributed by atoms with Crippen LogP contribution < -0.4 is 10.1 Å². The molecule has 1 aliphatic heterocycles. The van der Waals surface area contributed by atoms with Crippen molar-refractivity contribution in [1.82, 2.24) is 5.32 Å². The lowest BCUT2D eigenvalue weighted by molar-refractivity contribution is 0.103. The second kappa shape index (κ2) is 6.05. The van der Waals surface area contributed by atoms with E-state index in [-0.39, 0.29) is 11.4 Å². The number of nitriles is 1. The quantitative estimate of drug-likeness (QED) is 0.512. The van der Waals surface area contributed by atoms with E-state index in [1.807, 2.05) is 6.07 Å². The van der Waals surface area contributed by atoms with E-state index in [0.717, 1.165) is 31.5 Å². The number of carbonyl (C=O) groups excluding carboxylic acids is 1. The molecule has 0 aromatic heterocycles. The first-order valence-corrected chi connectivity index (χ1v) is 6.32. The van der Waals surface area contributed by atoms with Gasteiger partial charge in [0.25, 0.3) is 0 Å². The van der Waals surface area contributed by atoms with Crippen molar-refractivity contribution in [2.45, 2.75) is 19.3 Å². The fraction of sp³-hybridized carbons (Fsp3) is 0.333. The molecule has 0 spiro atoms. The predicted molar refractivity (Wildman–Crippen MR) is 71.8 cm³/mol. The van der Waals surface area contributed by atoms with Crippen LogP contribution in [0.15, 0.2) is 35.5 Å². The van der Waals surface area contributed by atoms with Crippen molar-refractivity contribution in [2.24, 2.45) is 0 Å². The van der Waals surface area contributed by atoms with E-state index in [0.29, 0.717) is 11.3 Å². The Balaban J connectivity index is 2.27. The van der Waals surface area contributed by atoms with Gasteiger partial charge in [-0.3, -0.25) is 4.79 Å². The molecular weight excluding hydrogens is 240 g/mol. The van der Waals surface area contributed by atoms with E-state index < -0.39 is 0 Å². The van der Waals surface area contributed by atoms with Crippen molar-refractivity contribution in [1.29, 1.82) is 5.26 Å². The van der Waals surface area contributed by atoms with Gasteiger partial charge in [0.1, 0.15) is 17.4 Å². The standard InChI is InChI=1S/C15H16N2O2/c1-19-12-7-5-11(6-8-12)15(18)13(10-16)14-4-2-3-9-17-14/h5-8,17H,2-4,9H2,1H3/b14-13+. The van der Waals surface area contributed by atoms with Gasteiger partial charge < -0.3 is 10.1 Å². The molecule has 19 heavy (non-hydrogen) atoms. The van der Waals surface area contributed by atoms with Crippen molar-refractivity contribution in [3.63, 3.8) is 0 Å². The van der Waals surface area contributed by atoms with Gasteiger partial charge in [-0.2, -0.15) is 5.26 Å². The summed E-state index contributed by atoms with van der Waals surface area (Å²) in [4.78, 5) is 12.3. The average Bonchev–Trinajstić information content (AvgIpc) is 2.49. The number of methoxy groups -OCH3 is 1. The Hall–Kier alpha value is -2.28. The normalized spacial score (nSPS) is 17.1. The number of ether oxygens (including phenoxy) is 1. The number of ketones is 1. The Morgan fingerprint density at radius 2 is 2.05 bits per heavy atom. The van der Waals surface area contributed by atoms with E-state index >= 15 is 0 Å². The molecule has 0 unspecified atom stereocenters. The van der Waals surface area contributed by atoms with Crippen LogP contribution in [0, 0.1) is 11.3 Å². The lowest BCUT2D eigenvalue weighted by atomic mass is 9.98. The van der Waals surface area contributed by atoms with E-state index in [9.17, 15) is 10.1 Å². The molecule has 0 bridgehead atoms. The summed E-state index contributed by atoms with van der Waals surface area (Å²) in [5.41, 5.74) is 1.51. The largest absolute Gasteiger partial charge is 0.497 e. The Morgan fingerprint density at radius 3 is 2.58 bits per heavy atom. The molecular formula is C15H16N2O2. The summed E-state index contributed by atoms with van der Waals surface area (Å²) in [6.45, 7) is 0.830. The van der Waals surface area contributed by atoms with Crippen LogP contribution >= 0.6 is 0 Å². The predicted octanol–water partition coefficient (Wildman–Crippen LogP) is 2.43. The zero-order valence-corrected chi connectivity index (χ0v) is 10.9. The first kappa shape index (κ1) is 13.2. The van der Waals surface area contributed by atoms with E-state index in [1.54, 1.807) is 31.4 Å². The number of rotatable bonds is 3. The molecule has 2 rings (SSSR count). The van der Waals surface area contributed by atoms with Crippen LogP contribution in [0.25, 0.3) is 0 Å². The van der Waals surface area contributed by atoms with Crippen molar-refractivity contribution >= 4 is 5.78 Å². The van der Waals surface area contributed by atoms with Crippen LogP contribution in [0.5, 0.6) is 5.75 Å². The summed E-state index contributed by atoms with van der Waals surface area (Å²) in [7, 11) is 1.57. The number of Topliss-reactive ketones (excluding diaryl/α,β-unsaturated/α-hetero) is 1. The summed E-state index contributed by atoms with van der Waals surface area (Å²) < 4.78 is 5.05. The molecule has 0 aliphatic carbocycles. The van der Waals surface area contributed by atoms with E-state index in [2.05, 4.69) is 5.32 Å². The summed E-state index contributed by atoms with van der Waals surface area (Å²) in [6, 6.07) is 8.85. The first-order chi connectivity index (χ1) is 9.26. The molecule has 1 aromatic carbocycles. The Morgan fingerprint density at radius 1 is 1.32 bits per heavy atom. The smallest absolute Gasteiger partial charge is 0.205 e. The number of carbonyl (C=O) groups is 1. The second-order valence-corrected chi connectivity index (χ2v) is 4.41. The zero-order chi connectivity index (χ0) is 13.7. The van der Waals surface area contributed by atoms with Crippen LogP contribution in [0.2, 0.25) is 0 Å². The second-order valence-electron chi connectivity index (χ2n) is 4.41. The van der Waals surface area contributed by atoms with Gasteiger partial charge in [0.15, 0.2) is 0 Å². The SMILES string of the molecule is COc1ccc(C(=O)/C(C#N)=C2\CCCCN2)cc1. The third kappa shape index (κ3) is 2.94. The first-order valence-electron chi connectivity index (χ1n) is 6.32. The van der Waals surface area contributed by atoms with Gasteiger partial charge >= 0.3 is 0 Å². The van der Waals surface area contributed by atoms with Gasteiger partial charge in [-0.25, -0.2) is 0 Å². The van der Waals surface area contributed by atoms with Crippen LogP contribution in [0.1, 0.15) is 29.6 Å². The summed E-state index contributed by atoms with van der Waals surface area (Å²) >= 11 is 0. The number of benzene rings is 1. The topological polar surface area (TPSA) is 62.1 Å². The number of nitrogens with zero attached hydrogens (tertiary/aromatic N) is 1. The molecule has 0 saturated carbocycles. The highest BCUT2D eigenvalue weighted by Gasteiger charge is 2.18. The maximum Gasteiger partial charge on any atom is 0.205 e. The molecule has 0 radical (unpaired) electrons. The molecule has 0 atom stereocenters. The molecule has 98 valence electrons. The fourth-order valence-corrected chi connectivity index (χ4v) is 2.11. The van der Waals surface area contributed by atoms with Crippen molar-refractivity contribution < 1.29 is 9.53 Å². The Kier molecular flexibility index (Phi) is 4.19. The summed E-state index contributed by atoms with van der Waals surface area (Å²) in [6.07, 6.45) is 2.87. The number of nitrogens with one attached hydrogen (secondary N) is 1. The Labute approximate surface area is 112 Å². The van der Waals surface area contributed by atoms with Gasteiger partial charge in [0, 0.05) is 17.8 Å². The lowest BCUT2D eigenvalue weighted by Crippen LogP contribution is -2.23. The van der Waals surface area contributed by atoms with Gasteiger partial charge in [-0.1, -0.05) is 0 Å². The van der Waals surface area contributed by atoms with Crippen molar-refractivity contribution in [2.75, 3.05) is 13.7 Å². The minimum atomic E-state index is -0.227. The molecule has 1 heterocycles. The van der Waals surface area contributed by atoms with Crippen LogP contribution in [-0.2, 0) is 0 Å². The zero-order valence-electron chi connectivity index (χ0n) is 10.9. The van der Waals surface area contributed by atoms with Gasteiger partial charge in [-0.05, 0) is 43.5 Å². The van der Waals surface area contributed by atoms with Gasteiger partial charge in [0.2, 0.25) is 5.78 Å². The number of hydrogen-bond donors (Lipinski definition) is 1. The maximum atomic E-state index is 12.3. The molecule has 0 amide bonds. The highest BCUT2D eigenvalue weighted by molar-refractivity contribution is 6.11. The third-order valence-corrected chi connectivity index (χ3v) is 3.18. The van der Waals surface area contributed by atoms with E-state index in [1.165, 1.54) is 0 Å². The molecule has 1 N–H and O–H groups in total. The average molecular weight is 256 g/mol. The highest BCUT2D eigenvalue weighted by atomic mass is 16.5. The van der Waals surface area contributed by atoms with Crippen LogP contribution in [0.3, 0.4) is 0 Å². The third-order valence-electron chi connectivity index (χ3n) is 3.18. The molecule has 4 nitrogen and oxygen atoms in total. The number of hydrogen-bond acceptors (Lipinski definition) is 4. The Bertz CT molecular complexity index is 530. The minimum absolute atomic E-state index is 0.227. The fourth-order valence-electron chi connectivity index (χ4n) is 2.11. The van der Waals surface area contributed by atoms with Crippen LogP contribution in [0.4, 0.5) is 0 Å². The lowest BCUT2D eigenvalue weighted by Gasteiger charge is -2.17. The number of allylic oxidation sites excluding steroid dienone is 2. The summed E-state index contributed by atoms with van der Waals surface area (Å²) in [5, 5.41) is 12.4. The van der Waals surface area contributed by atoms with Gasteiger partial charge in [-0.15, -0.1) is 0 Å². The van der Waals surface area contributed by atoms with Gasteiger partial charge in [0.05, 0.1) is 7.11 Å². The maximum absolute atomic E-state index is 12.3. The highest BCUT2D eigenvalue weighted by Crippen LogP contribution is 2.19.